The van der Waals surface area contributed by atoms with Crippen molar-refractivity contribution in [1.82, 2.24) is 15.2 Å². The standard InChI is InChI=1S/C24H23F5N4O5/c25-17-3-1-13(38-14-2-4-19(31-11-14)24(27,28)29)9-15(17)20(30)18(26)10-16-21(34)32-23(36)33(22(16)35)12-5-7-37-8-6-12/h1-4,9,11-12,16,18,20H,5-8,10,30H2,(H,32,34,36)/t16?,18-,20-/m0/s1. The van der Waals surface area contributed by atoms with Crippen molar-refractivity contribution >= 4 is 17.8 Å². The number of nitrogens with zero attached hydrogens (tertiary/aromatic N) is 2. The molecule has 0 spiro atoms. The molecule has 2 aromatic rings. The molecule has 14 heteroatoms. The number of benzene rings is 1. The van der Waals surface area contributed by atoms with Crippen molar-refractivity contribution in [2.75, 3.05) is 13.2 Å². The second-order valence-corrected chi connectivity index (χ2v) is 8.84. The monoisotopic (exact) mass is 542 g/mol. The first-order valence-corrected chi connectivity index (χ1v) is 11.6. The fourth-order valence-corrected chi connectivity index (χ4v) is 4.28. The maximum atomic E-state index is 15.3. The molecule has 0 aliphatic carbocycles. The minimum Gasteiger partial charge on any atom is -0.456 e. The molecule has 38 heavy (non-hydrogen) atoms. The van der Waals surface area contributed by atoms with Crippen LogP contribution in [0.4, 0.5) is 26.7 Å². The Balaban J connectivity index is 1.47. The number of rotatable bonds is 7. The lowest BCUT2D eigenvalue weighted by Crippen LogP contribution is -2.62. The molecule has 1 aromatic carbocycles. The van der Waals surface area contributed by atoms with Gasteiger partial charge in [-0.1, -0.05) is 0 Å². The van der Waals surface area contributed by atoms with Crippen LogP contribution in [0, 0.1) is 11.7 Å². The van der Waals surface area contributed by atoms with Crippen molar-refractivity contribution in [3.05, 3.63) is 53.6 Å². The summed E-state index contributed by atoms with van der Waals surface area (Å²) in [7, 11) is 0. The fourth-order valence-electron chi connectivity index (χ4n) is 4.28. The van der Waals surface area contributed by atoms with Crippen LogP contribution >= 0.6 is 0 Å². The Bertz CT molecular complexity index is 1200. The molecule has 0 bridgehead atoms. The van der Waals surface area contributed by atoms with Crippen molar-refractivity contribution in [2.24, 2.45) is 11.7 Å². The van der Waals surface area contributed by atoms with Crippen molar-refractivity contribution in [1.29, 1.82) is 0 Å². The molecule has 1 unspecified atom stereocenters. The molecular formula is C24H23F5N4O5. The highest BCUT2D eigenvalue weighted by Gasteiger charge is 2.45. The maximum absolute atomic E-state index is 15.3. The third kappa shape index (κ3) is 5.91. The molecular weight excluding hydrogens is 519 g/mol. The maximum Gasteiger partial charge on any atom is 0.433 e. The number of imide groups is 2. The molecule has 0 saturated carbocycles. The Labute approximate surface area is 213 Å². The third-order valence-electron chi connectivity index (χ3n) is 6.30. The van der Waals surface area contributed by atoms with Crippen LogP contribution in [-0.2, 0) is 20.5 Å². The Morgan fingerprint density at radius 1 is 1.13 bits per heavy atom. The van der Waals surface area contributed by atoms with Crippen LogP contribution < -0.4 is 15.8 Å². The number of barbiturate groups is 1. The van der Waals surface area contributed by atoms with Crippen LogP contribution in [0.3, 0.4) is 0 Å². The number of alkyl halides is 4. The van der Waals surface area contributed by atoms with Gasteiger partial charge in [0.2, 0.25) is 11.8 Å². The Morgan fingerprint density at radius 3 is 2.45 bits per heavy atom. The normalized spacial score (nSPS) is 20.7. The van der Waals surface area contributed by atoms with E-state index in [0.717, 1.165) is 35.4 Å². The highest BCUT2D eigenvalue weighted by molar-refractivity contribution is 6.16. The second-order valence-electron chi connectivity index (χ2n) is 8.84. The van der Waals surface area contributed by atoms with Crippen molar-refractivity contribution in [3.63, 3.8) is 0 Å². The quantitative estimate of drug-likeness (QED) is 0.405. The Hall–Kier alpha value is -3.65. The number of carbonyl (C=O) groups excluding carboxylic acids is 3. The number of carbonyl (C=O) groups is 3. The van der Waals surface area contributed by atoms with Gasteiger partial charge in [-0.2, -0.15) is 13.2 Å². The first-order chi connectivity index (χ1) is 18.0. The van der Waals surface area contributed by atoms with Gasteiger partial charge in [0.15, 0.2) is 0 Å². The highest BCUT2D eigenvalue weighted by atomic mass is 19.4. The van der Waals surface area contributed by atoms with Crippen LogP contribution in [0.25, 0.3) is 0 Å². The van der Waals surface area contributed by atoms with Gasteiger partial charge in [-0.25, -0.2) is 18.6 Å². The van der Waals surface area contributed by atoms with E-state index < -0.39 is 66.1 Å². The van der Waals surface area contributed by atoms with Gasteiger partial charge in [0.1, 0.15) is 35.1 Å². The van der Waals surface area contributed by atoms with E-state index in [1.54, 1.807) is 0 Å². The van der Waals surface area contributed by atoms with E-state index in [9.17, 15) is 31.9 Å². The second kappa shape index (κ2) is 11.0. The van der Waals surface area contributed by atoms with Gasteiger partial charge in [0.25, 0.3) is 0 Å². The molecule has 0 radical (unpaired) electrons. The van der Waals surface area contributed by atoms with E-state index in [1.165, 1.54) is 0 Å². The summed E-state index contributed by atoms with van der Waals surface area (Å²) < 4.78 is 78.5. The number of nitrogens with two attached hydrogens (primary N) is 1. The number of urea groups is 1. The van der Waals surface area contributed by atoms with Gasteiger partial charge in [-0.05, 0) is 43.2 Å². The third-order valence-corrected chi connectivity index (χ3v) is 6.30. The van der Waals surface area contributed by atoms with Crippen molar-refractivity contribution < 1.29 is 45.8 Å². The molecule has 3 heterocycles. The number of nitrogens with one attached hydrogen (secondary N) is 1. The van der Waals surface area contributed by atoms with E-state index in [4.69, 9.17) is 15.2 Å². The number of aromatic nitrogens is 1. The zero-order valence-electron chi connectivity index (χ0n) is 19.7. The summed E-state index contributed by atoms with van der Waals surface area (Å²) in [5.41, 5.74) is 4.45. The lowest BCUT2D eigenvalue weighted by atomic mass is 9.91. The number of ether oxygens (including phenoxy) is 2. The minimum atomic E-state index is -4.64. The number of hydrogen-bond acceptors (Lipinski definition) is 7. The summed E-state index contributed by atoms with van der Waals surface area (Å²) in [5.74, 6) is -4.47. The molecule has 4 amide bonds. The molecule has 3 N–H and O–H groups in total. The van der Waals surface area contributed by atoms with Gasteiger partial charge in [-0.3, -0.25) is 19.8 Å². The predicted molar refractivity (Wildman–Crippen MR) is 120 cm³/mol. The lowest BCUT2D eigenvalue weighted by molar-refractivity contribution is -0.146. The van der Waals surface area contributed by atoms with E-state index in [-0.39, 0.29) is 17.1 Å². The Kier molecular flexibility index (Phi) is 7.92. The summed E-state index contributed by atoms with van der Waals surface area (Å²) in [6, 6.07) is 1.81. The van der Waals surface area contributed by atoms with Gasteiger partial charge in [0.05, 0.1) is 12.2 Å². The average molecular weight is 542 g/mol. The van der Waals surface area contributed by atoms with Crippen LogP contribution in [0.15, 0.2) is 36.5 Å². The zero-order valence-corrected chi connectivity index (χ0v) is 19.7. The largest absolute Gasteiger partial charge is 0.456 e. The molecule has 3 atom stereocenters. The van der Waals surface area contributed by atoms with Gasteiger partial charge < -0.3 is 15.2 Å². The summed E-state index contributed by atoms with van der Waals surface area (Å²) in [5, 5.41) is 2.06. The number of halogens is 5. The van der Waals surface area contributed by atoms with Crippen molar-refractivity contribution in [3.8, 4) is 11.5 Å². The highest BCUT2D eigenvalue weighted by Crippen LogP contribution is 2.33. The van der Waals surface area contributed by atoms with E-state index >= 15 is 4.39 Å². The molecule has 1 aromatic heterocycles. The van der Waals surface area contributed by atoms with Gasteiger partial charge >= 0.3 is 12.2 Å². The van der Waals surface area contributed by atoms with Crippen molar-refractivity contribution in [2.45, 2.75) is 43.7 Å². The summed E-state index contributed by atoms with van der Waals surface area (Å²) in [4.78, 5) is 41.8. The summed E-state index contributed by atoms with van der Waals surface area (Å²) in [6.45, 7) is 0.633. The number of hydrogen-bond donors (Lipinski definition) is 2. The molecule has 204 valence electrons. The summed E-state index contributed by atoms with van der Waals surface area (Å²) >= 11 is 0. The zero-order chi connectivity index (χ0) is 27.6. The number of amides is 4. The first kappa shape index (κ1) is 27.4. The fraction of sp³-hybridized carbons (Fsp3) is 0.417. The molecule has 4 rings (SSSR count). The molecule has 2 fully saturated rings. The Morgan fingerprint density at radius 2 is 1.82 bits per heavy atom. The van der Waals surface area contributed by atoms with Crippen LogP contribution in [0.2, 0.25) is 0 Å². The first-order valence-electron chi connectivity index (χ1n) is 11.6. The molecule has 9 nitrogen and oxygen atoms in total. The van der Waals surface area contributed by atoms with Crippen LogP contribution in [-0.4, -0.2) is 53.2 Å². The lowest BCUT2D eigenvalue weighted by Gasteiger charge is -2.37. The van der Waals surface area contributed by atoms with Gasteiger partial charge in [0, 0.05) is 31.2 Å². The molecule has 2 aliphatic rings. The van der Waals surface area contributed by atoms with E-state index in [2.05, 4.69) is 10.3 Å². The SMILES string of the molecule is N[C@@H](c1cc(Oc2ccc(C(F)(F)F)nc2)ccc1F)[C@@H](F)CC1C(=O)NC(=O)N(C2CCOCC2)C1=O. The average Bonchev–Trinajstić information content (AvgIpc) is 2.87. The van der Waals surface area contributed by atoms with E-state index in [0.29, 0.717) is 32.1 Å². The minimum absolute atomic E-state index is 0.0617. The number of pyridine rings is 1. The smallest absolute Gasteiger partial charge is 0.433 e. The summed E-state index contributed by atoms with van der Waals surface area (Å²) in [6.07, 6.45) is -5.89. The van der Waals surface area contributed by atoms with Crippen LogP contribution in [0.5, 0.6) is 11.5 Å². The van der Waals surface area contributed by atoms with Gasteiger partial charge in [-0.15, -0.1) is 0 Å². The van der Waals surface area contributed by atoms with E-state index in [1.807, 2.05) is 0 Å². The molecule has 2 saturated heterocycles. The van der Waals surface area contributed by atoms with Crippen LogP contribution in [0.1, 0.15) is 36.6 Å². The molecule has 2 aliphatic heterocycles. The predicted octanol–water partition coefficient (Wildman–Crippen LogP) is 3.63. The topological polar surface area (TPSA) is 124 Å².